The standard InChI is InChI=1S/C8H9ClO.4C7H6Cl2.C2H6.CH4/c1-6-3-7(9)5-8(4-6)10-2;1-5-2-6(8)4-7(9)3-5;1-5-4-6(8)2-3-7(5)9;1-5-6(8)3-2-4-7(5)9;1-5-3-2-4-6(8)7(5)9;1-2;/h3-5H,1-2H3;4*2-4H,1H3;1-2H3;1H4. The van der Waals surface area contributed by atoms with E-state index in [1.165, 1.54) is 0 Å². The van der Waals surface area contributed by atoms with Gasteiger partial charge in [-0.2, -0.15) is 0 Å². The molecule has 10 heteroatoms. The molecule has 49 heavy (non-hydrogen) atoms. The lowest BCUT2D eigenvalue weighted by molar-refractivity contribution is 0.414. The van der Waals surface area contributed by atoms with Crippen molar-refractivity contribution in [2.24, 2.45) is 0 Å². The number of methoxy groups -OCH3 is 1. The van der Waals surface area contributed by atoms with E-state index < -0.39 is 0 Å². The lowest BCUT2D eigenvalue weighted by atomic mass is 10.2. The molecule has 0 saturated carbocycles. The highest BCUT2D eigenvalue weighted by molar-refractivity contribution is 6.42. The zero-order chi connectivity index (χ0) is 37.0. The van der Waals surface area contributed by atoms with Gasteiger partial charge < -0.3 is 4.74 Å². The summed E-state index contributed by atoms with van der Waals surface area (Å²) in [5.74, 6) is 0.810. The molecule has 0 unspecified atom stereocenters. The van der Waals surface area contributed by atoms with Gasteiger partial charge in [0.15, 0.2) is 0 Å². The number of benzene rings is 5. The molecule has 5 rings (SSSR count). The van der Waals surface area contributed by atoms with Crippen LogP contribution in [-0.4, -0.2) is 7.11 Å². The highest BCUT2D eigenvalue weighted by Crippen LogP contribution is 2.25. The highest BCUT2D eigenvalue weighted by Gasteiger charge is 1.98. The smallest absolute Gasteiger partial charge is 0.120 e. The molecule has 0 bridgehead atoms. The molecule has 0 spiro atoms. The molecule has 0 atom stereocenters. The van der Waals surface area contributed by atoms with E-state index in [2.05, 4.69) is 0 Å². The van der Waals surface area contributed by atoms with Crippen LogP contribution in [0.1, 0.15) is 49.1 Å². The first kappa shape index (κ1) is 49.6. The second kappa shape index (κ2) is 27.2. The van der Waals surface area contributed by atoms with Crippen LogP contribution >= 0.6 is 104 Å². The fourth-order valence-corrected chi connectivity index (χ4v) is 5.32. The fraction of sp³-hybridized carbons (Fsp3) is 0.231. The van der Waals surface area contributed by atoms with Gasteiger partial charge in [0.2, 0.25) is 0 Å². The lowest BCUT2D eigenvalue weighted by Gasteiger charge is -2.00. The van der Waals surface area contributed by atoms with E-state index in [-0.39, 0.29) is 7.43 Å². The van der Waals surface area contributed by atoms with Crippen molar-refractivity contribution in [3.05, 3.63) is 164 Å². The zero-order valence-electron chi connectivity index (χ0n) is 28.0. The van der Waals surface area contributed by atoms with E-state index in [1.807, 2.05) is 109 Å². The average Bonchev–Trinajstić information content (AvgIpc) is 3.02. The van der Waals surface area contributed by atoms with Crippen LogP contribution < -0.4 is 4.74 Å². The molecule has 0 aliphatic carbocycles. The molecule has 5 aromatic carbocycles. The third-order valence-corrected chi connectivity index (χ3v) is 8.77. The second-order valence-corrected chi connectivity index (χ2v) is 13.5. The summed E-state index contributed by atoms with van der Waals surface area (Å²) in [7, 11) is 1.63. The molecule has 0 fully saturated rings. The van der Waals surface area contributed by atoms with Crippen LogP contribution in [0.4, 0.5) is 0 Å². The van der Waals surface area contributed by atoms with Crippen molar-refractivity contribution in [3.63, 3.8) is 0 Å². The van der Waals surface area contributed by atoms with E-state index in [9.17, 15) is 0 Å². The van der Waals surface area contributed by atoms with Gasteiger partial charge in [-0.05, 0) is 135 Å². The number of rotatable bonds is 1. The van der Waals surface area contributed by atoms with Crippen molar-refractivity contribution in [1.29, 1.82) is 0 Å². The van der Waals surface area contributed by atoms with Gasteiger partial charge in [-0.15, -0.1) is 0 Å². The number of hydrogen-bond donors (Lipinski definition) is 0. The molecule has 0 N–H and O–H groups in total. The van der Waals surface area contributed by atoms with Gasteiger partial charge in [-0.25, -0.2) is 0 Å². The van der Waals surface area contributed by atoms with Crippen LogP contribution in [0.15, 0.2) is 91.0 Å². The Labute approximate surface area is 339 Å². The molecule has 268 valence electrons. The summed E-state index contributed by atoms with van der Waals surface area (Å²) in [4.78, 5) is 0. The Balaban J connectivity index is 0. The van der Waals surface area contributed by atoms with Gasteiger partial charge in [-0.3, -0.25) is 0 Å². The average molecular weight is 847 g/mol. The highest BCUT2D eigenvalue weighted by atomic mass is 35.5. The van der Waals surface area contributed by atoms with Crippen LogP contribution in [0.5, 0.6) is 5.75 Å². The first-order valence-corrected chi connectivity index (χ1v) is 17.9. The lowest BCUT2D eigenvalue weighted by Crippen LogP contribution is -1.82. The normalized spacial score (nSPS) is 9.16. The summed E-state index contributed by atoms with van der Waals surface area (Å²) >= 11 is 51.3. The first-order chi connectivity index (χ1) is 22.5. The first-order valence-electron chi connectivity index (χ1n) is 14.5. The topological polar surface area (TPSA) is 9.23 Å². The molecule has 0 saturated heterocycles. The van der Waals surface area contributed by atoms with E-state index >= 15 is 0 Å². The molecular formula is C39H43Cl9O. The Bertz CT molecular complexity index is 1530. The number of aryl methyl sites for hydroxylation is 4. The number of halogens is 9. The van der Waals surface area contributed by atoms with Gasteiger partial charge in [-0.1, -0.05) is 144 Å². The molecule has 0 amide bonds. The van der Waals surface area contributed by atoms with Crippen LogP contribution in [0, 0.1) is 34.6 Å². The number of ether oxygens (including phenoxy) is 1. The summed E-state index contributed by atoms with van der Waals surface area (Å²) in [6.07, 6.45) is 0. The van der Waals surface area contributed by atoms with Gasteiger partial charge in [0.25, 0.3) is 0 Å². The molecule has 0 aliphatic rings. The summed E-state index contributed by atoms with van der Waals surface area (Å²) < 4.78 is 4.99. The number of hydrogen-bond acceptors (Lipinski definition) is 1. The Morgan fingerprint density at radius 3 is 1.24 bits per heavy atom. The molecule has 5 aromatic rings. The maximum atomic E-state index is 5.75. The van der Waals surface area contributed by atoms with Crippen molar-refractivity contribution in [3.8, 4) is 5.75 Å². The summed E-state index contributed by atoms with van der Waals surface area (Å²) in [6, 6.07) is 27.5. The molecule has 1 nitrogen and oxygen atoms in total. The van der Waals surface area contributed by atoms with E-state index in [0.717, 1.165) is 58.7 Å². The van der Waals surface area contributed by atoms with Gasteiger partial charge in [0.1, 0.15) is 5.75 Å². The largest absolute Gasteiger partial charge is 0.497 e. The molecule has 0 aliphatic heterocycles. The van der Waals surface area contributed by atoms with Crippen LogP contribution in [0.3, 0.4) is 0 Å². The Morgan fingerprint density at radius 1 is 0.429 bits per heavy atom. The Morgan fingerprint density at radius 2 is 0.878 bits per heavy atom. The van der Waals surface area contributed by atoms with E-state index in [4.69, 9.17) is 109 Å². The minimum Gasteiger partial charge on any atom is -0.497 e. The molecule has 0 radical (unpaired) electrons. The van der Waals surface area contributed by atoms with Crippen molar-refractivity contribution >= 4 is 104 Å². The van der Waals surface area contributed by atoms with Gasteiger partial charge in [0.05, 0.1) is 17.2 Å². The van der Waals surface area contributed by atoms with E-state index in [1.54, 1.807) is 37.4 Å². The maximum absolute atomic E-state index is 5.75. The van der Waals surface area contributed by atoms with Crippen LogP contribution in [0.25, 0.3) is 0 Å². The van der Waals surface area contributed by atoms with Gasteiger partial charge in [0, 0.05) is 35.2 Å². The summed E-state index contributed by atoms with van der Waals surface area (Å²) in [5.41, 5.74) is 5.19. The van der Waals surface area contributed by atoms with Crippen LogP contribution in [0.2, 0.25) is 45.2 Å². The fourth-order valence-electron chi connectivity index (χ4n) is 3.31. The third kappa shape index (κ3) is 21.5. The monoisotopic (exact) mass is 842 g/mol. The Hall–Kier alpha value is -1.49. The predicted octanol–water partition coefficient (Wildman–Crippen LogP) is 17.5. The molecular weight excluding hydrogens is 804 g/mol. The molecule has 0 heterocycles. The van der Waals surface area contributed by atoms with Crippen LogP contribution in [-0.2, 0) is 0 Å². The summed E-state index contributed by atoms with van der Waals surface area (Å²) in [5, 5.41) is 6.33. The molecule has 0 aromatic heterocycles. The zero-order valence-corrected chi connectivity index (χ0v) is 34.8. The van der Waals surface area contributed by atoms with Crippen molar-refractivity contribution in [1.82, 2.24) is 0 Å². The minimum absolute atomic E-state index is 0. The summed E-state index contributed by atoms with van der Waals surface area (Å²) in [6.45, 7) is 13.7. The SMILES string of the molecule is C.CC.COc1cc(C)cc(Cl)c1.Cc1c(Cl)cccc1Cl.Cc1cc(Cl)cc(Cl)c1.Cc1cc(Cl)ccc1Cl.Cc1cccc(Cl)c1Cl. The van der Waals surface area contributed by atoms with Crippen molar-refractivity contribution in [2.75, 3.05) is 7.11 Å². The quantitative estimate of drug-likeness (QED) is 0.163. The van der Waals surface area contributed by atoms with Gasteiger partial charge >= 0.3 is 0 Å². The van der Waals surface area contributed by atoms with E-state index in [0.29, 0.717) is 20.1 Å². The third-order valence-electron chi connectivity index (χ3n) is 5.72. The minimum atomic E-state index is 0. The van der Waals surface area contributed by atoms with Crippen molar-refractivity contribution in [2.45, 2.75) is 55.9 Å². The second-order valence-electron chi connectivity index (χ2n) is 9.73. The Kier molecular flexibility index (Phi) is 27.5. The van der Waals surface area contributed by atoms with Crippen molar-refractivity contribution < 1.29 is 4.74 Å². The maximum Gasteiger partial charge on any atom is 0.120 e. The predicted molar refractivity (Wildman–Crippen MR) is 226 cm³/mol.